The third-order valence-corrected chi connectivity index (χ3v) is 5.78. The van der Waals surface area contributed by atoms with E-state index < -0.39 is 0 Å². The Morgan fingerprint density at radius 1 is 1.29 bits per heavy atom. The molecule has 2 saturated heterocycles. The molecule has 3 fully saturated rings. The predicted molar refractivity (Wildman–Crippen MR) is 70.6 cm³/mol. The molecule has 2 aliphatic heterocycles. The van der Waals surface area contributed by atoms with Crippen molar-refractivity contribution in [2.45, 2.75) is 42.9 Å². The molecule has 17 heavy (non-hydrogen) atoms. The van der Waals surface area contributed by atoms with Crippen LogP contribution in [0.1, 0.15) is 37.3 Å². The minimum Gasteiger partial charge on any atom is -0.352 e. The summed E-state index contributed by atoms with van der Waals surface area (Å²) in [6.45, 7) is 1.19. The van der Waals surface area contributed by atoms with Crippen molar-refractivity contribution in [3.05, 3.63) is 18.1 Å². The van der Waals surface area contributed by atoms with Gasteiger partial charge in [0.25, 0.3) is 0 Å². The van der Waals surface area contributed by atoms with Crippen molar-refractivity contribution in [1.29, 1.82) is 0 Å². The van der Waals surface area contributed by atoms with Gasteiger partial charge in [0, 0.05) is 41.3 Å². The molecule has 1 aliphatic carbocycles. The first-order valence-corrected chi connectivity index (χ1v) is 7.65. The molecule has 3 nitrogen and oxygen atoms in total. The lowest BCUT2D eigenvalue weighted by atomic mass is 9.83. The van der Waals surface area contributed by atoms with Crippen LogP contribution in [0.2, 0.25) is 0 Å². The van der Waals surface area contributed by atoms with E-state index in [4.69, 9.17) is 0 Å². The van der Waals surface area contributed by atoms with Crippen LogP contribution in [0.4, 0.5) is 5.82 Å². The number of fused-ring (bicyclic) bond motifs is 2. The Hall–Kier alpha value is -0.770. The molecule has 3 aliphatic rings. The lowest BCUT2D eigenvalue weighted by molar-refractivity contribution is 0.410. The first-order chi connectivity index (χ1) is 8.40. The molecule has 0 radical (unpaired) electrons. The van der Waals surface area contributed by atoms with Gasteiger partial charge in [-0.2, -0.15) is 11.8 Å². The number of anilines is 1. The quantitative estimate of drug-likeness (QED) is 0.802. The molecule has 4 heteroatoms. The fourth-order valence-corrected chi connectivity index (χ4v) is 4.56. The zero-order valence-electron chi connectivity index (χ0n) is 9.88. The molecule has 0 N–H and O–H groups in total. The summed E-state index contributed by atoms with van der Waals surface area (Å²) < 4.78 is 0. The monoisotopic (exact) mass is 247 g/mol. The molecule has 0 spiro atoms. The summed E-state index contributed by atoms with van der Waals surface area (Å²) in [7, 11) is 0. The second-order valence-corrected chi connectivity index (χ2v) is 6.76. The van der Waals surface area contributed by atoms with Gasteiger partial charge in [0.1, 0.15) is 12.1 Å². The molecule has 0 aromatic carbocycles. The third kappa shape index (κ3) is 1.65. The molecule has 2 unspecified atom stereocenters. The molecular formula is C13H17N3S. The van der Waals surface area contributed by atoms with Crippen LogP contribution in [-0.2, 0) is 0 Å². The molecule has 4 rings (SSSR count). The number of nitrogens with zero attached hydrogens (tertiary/aromatic N) is 3. The SMILES string of the molecule is c1nc(C2CCC2)cc(N2CC3CC2CS3)n1. The molecule has 90 valence electrons. The Balaban J connectivity index is 1.60. The van der Waals surface area contributed by atoms with Gasteiger partial charge in [-0.05, 0) is 19.3 Å². The molecule has 2 bridgehead atoms. The summed E-state index contributed by atoms with van der Waals surface area (Å²) >= 11 is 2.13. The van der Waals surface area contributed by atoms with Gasteiger partial charge in [-0.1, -0.05) is 6.42 Å². The maximum absolute atomic E-state index is 4.49. The van der Waals surface area contributed by atoms with Crippen LogP contribution >= 0.6 is 11.8 Å². The molecule has 1 saturated carbocycles. The fourth-order valence-electron chi connectivity index (χ4n) is 3.13. The molecule has 3 heterocycles. The lowest BCUT2D eigenvalue weighted by Crippen LogP contribution is -2.34. The number of aromatic nitrogens is 2. The van der Waals surface area contributed by atoms with Gasteiger partial charge < -0.3 is 4.90 Å². The largest absolute Gasteiger partial charge is 0.352 e. The van der Waals surface area contributed by atoms with Gasteiger partial charge in [0.2, 0.25) is 0 Å². The molecule has 2 atom stereocenters. The molecule has 0 amide bonds. The van der Waals surface area contributed by atoms with E-state index in [9.17, 15) is 0 Å². The second kappa shape index (κ2) is 3.87. The summed E-state index contributed by atoms with van der Waals surface area (Å²) in [4.78, 5) is 11.4. The van der Waals surface area contributed by atoms with Crippen LogP contribution in [0.3, 0.4) is 0 Å². The Labute approximate surface area is 106 Å². The lowest BCUT2D eigenvalue weighted by Gasteiger charge is -2.29. The topological polar surface area (TPSA) is 29.0 Å². The van der Waals surface area contributed by atoms with Crippen LogP contribution in [0.25, 0.3) is 0 Å². The smallest absolute Gasteiger partial charge is 0.132 e. The highest BCUT2D eigenvalue weighted by Gasteiger charge is 2.39. The van der Waals surface area contributed by atoms with E-state index in [2.05, 4.69) is 32.7 Å². The van der Waals surface area contributed by atoms with Gasteiger partial charge in [-0.3, -0.25) is 0 Å². The standard InChI is InChI=1S/C13H17N3S/c1-2-9(3-1)12-5-13(15-8-14-12)16-6-11-4-10(16)7-17-11/h5,8-11H,1-4,6-7H2. The maximum Gasteiger partial charge on any atom is 0.132 e. The molecule has 1 aromatic heterocycles. The van der Waals surface area contributed by atoms with E-state index in [1.54, 1.807) is 6.33 Å². The first-order valence-electron chi connectivity index (χ1n) is 6.60. The van der Waals surface area contributed by atoms with Crippen LogP contribution in [0.5, 0.6) is 0 Å². The van der Waals surface area contributed by atoms with E-state index in [0.29, 0.717) is 5.92 Å². The number of hydrogen-bond acceptors (Lipinski definition) is 4. The van der Waals surface area contributed by atoms with Crippen LogP contribution in [-0.4, -0.2) is 33.6 Å². The van der Waals surface area contributed by atoms with Crippen molar-refractivity contribution in [2.75, 3.05) is 17.2 Å². The minimum atomic E-state index is 0.714. The van der Waals surface area contributed by atoms with Gasteiger partial charge in [0.15, 0.2) is 0 Å². The highest BCUT2D eigenvalue weighted by Crippen LogP contribution is 2.41. The summed E-state index contributed by atoms with van der Waals surface area (Å²) in [5.74, 6) is 3.17. The molecule has 1 aromatic rings. The summed E-state index contributed by atoms with van der Waals surface area (Å²) in [6.07, 6.45) is 7.13. The van der Waals surface area contributed by atoms with E-state index in [1.807, 2.05) is 0 Å². The van der Waals surface area contributed by atoms with Crippen molar-refractivity contribution in [3.63, 3.8) is 0 Å². The third-order valence-electron chi connectivity index (χ3n) is 4.39. The van der Waals surface area contributed by atoms with Gasteiger partial charge >= 0.3 is 0 Å². The van der Waals surface area contributed by atoms with Crippen LogP contribution < -0.4 is 4.90 Å². The summed E-state index contributed by atoms with van der Waals surface area (Å²) in [5.41, 5.74) is 1.27. The van der Waals surface area contributed by atoms with E-state index >= 15 is 0 Å². The van der Waals surface area contributed by atoms with Crippen molar-refractivity contribution >= 4 is 17.6 Å². The minimum absolute atomic E-state index is 0.714. The maximum atomic E-state index is 4.49. The highest BCUT2D eigenvalue weighted by atomic mass is 32.2. The number of thioether (sulfide) groups is 1. The summed E-state index contributed by atoms with van der Waals surface area (Å²) in [5, 5.41) is 0.849. The van der Waals surface area contributed by atoms with Crippen molar-refractivity contribution in [1.82, 2.24) is 9.97 Å². The first kappa shape index (κ1) is 10.2. The van der Waals surface area contributed by atoms with Crippen LogP contribution in [0.15, 0.2) is 12.4 Å². The Kier molecular flexibility index (Phi) is 2.32. The van der Waals surface area contributed by atoms with Crippen LogP contribution in [0, 0.1) is 0 Å². The van der Waals surface area contributed by atoms with Gasteiger partial charge in [0.05, 0.1) is 0 Å². The van der Waals surface area contributed by atoms with Crippen molar-refractivity contribution in [3.8, 4) is 0 Å². The highest BCUT2D eigenvalue weighted by molar-refractivity contribution is 8.00. The average molecular weight is 247 g/mol. The fraction of sp³-hybridized carbons (Fsp3) is 0.692. The van der Waals surface area contributed by atoms with E-state index in [-0.39, 0.29) is 0 Å². The zero-order chi connectivity index (χ0) is 11.2. The van der Waals surface area contributed by atoms with Crippen molar-refractivity contribution in [2.24, 2.45) is 0 Å². The zero-order valence-corrected chi connectivity index (χ0v) is 10.7. The Morgan fingerprint density at radius 3 is 2.88 bits per heavy atom. The van der Waals surface area contributed by atoms with Gasteiger partial charge in [-0.25, -0.2) is 9.97 Å². The predicted octanol–water partition coefficient (Wildman–Crippen LogP) is 2.44. The normalized spacial score (nSPS) is 31.9. The van der Waals surface area contributed by atoms with E-state index in [1.165, 1.54) is 49.5 Å². The Bertz CT molecular complexity index is 432. The van der Waals surface area contributed by atoms with Crippen molar-refractivity contribution < 1.29 is 0 Å². The van der Waals surface area contributed by atoms with Gasteiger partial charge in [-0.15, -0.1) is 0 Å². The number of rotatable bonds is 2. The number of hydrogen-bond donors (Lipinski definition) is 0. The summed E-state index contributed by atoms with van der Waals surface area (Å²) in [6, 6.07) is 2.98. The van der Waals surface area contributed by atoms with E-state index in [0.717, 1.165) is 11.3 Å². The molecular weight excluding hydrogens is 230 g/mol. The second-order valence-electron chi connectivity index (χ2n) is 5.43. The Morgan fingerprint density at radius 2 is 2.24 bits per heavy atom. The average Bonchev–Trinajstić information content (AvgIpc) is 2.88.